The maximum Gasteiger partial charge on any atom is 0.269 e. The zero-order chi connectivity index (χ0) is 20.4. The van der Waals surface area contributed by atoms with Gasteiger partial charge in [0.1, 0.15) is 0 Å². The number of aryl methyl sites for hydroxylation is 1. The van der Waals surface area contributed by atoms with E-state index in [0.29, 0.717) is 27.4 Å². The van der Waals surface area contributed by atoms with Crippen molar-refractivity contribution in [1.29, 1.82) is 0 Å². The molecule has 146 valence electrons. The molecule has 2 aromatic heterocycles. The summed E-state index contributed by atoms with van der Waals surface area (Å²) in [7, 11) is 1.62. The first-order chi connectivity index (χ1) is 14.1. The number of carbonyl (C=O) groups is 2. The van der Waals surface area contributed by atoms with E-state index >= 15 is 0 Å². The Morgan fingerprint density at radius 3 is 2.52 bits per heavy atom. The molecule has 0 aliphatic rings. The smallest absolute Gasteiger partial charge is 0.269 e. The summed E-state index contributed by atoms with van der Waals surface area (Å²) < 4.78 is 3.15. The topological polar surface area (TPSA) is 110 Å². The lowest BCUT2D eigenvalue weighted by atomic mass is 10.2. The van der Waals surface area contributed by atoms with Crippen LogP contribution < -0.4 is 16.4 Å². The van der Waals surface area contributed by atoms with Crippen LogP contribution in [0.2, 0.25) is 0 Å². The Morgan fingerprint density at radius 1 is 1.00 bits per heavy atom. The predicted molar refractivity (Wildman–Crippen MR) is 109 cm³/mol. The standard InChI is InChI=1S/C19H16N6O3S/c1-24-17(28)13-9-5-6-10-14(13)25-18(24)22-23-19(25)29-11-15(26)20-21-16(27)12-7-3-2-4-8-12/h2-10H,11H2,1H3,(H,20,26)(H,21,27). The zero-order valence-electron chi connectivity index (χ0n) is 15.3. The molecule has 4 aromatic rings. The Morgan fingerprint density at radius 2 is 1.72 bits per heavy atom. The van der Waals surface area contributed by atoms with E-state index in [1.54, 1.807) is 60.0 Å². The van der Waals surface area contributed by atoms with E-state index in [9.17, 15) is 14.4 Å². The normalized spacial score (nSPS) is 10.9. The molecule has 2 N–H and O–H groups in total. The molecule has 0 atom stereocenters. The summed E-state index contributed by atoms with van der Waals surface area (Å²) in [5.74, 6) is -0.412. The SMILES string of the molecule is Cn1c(=O)c2ccccc2n2c(SCC(=O)NNC(=O)c3ccccc3)nnc12. The van der Waals surface area contributed by atoms with Crippen molar-refractivity contribution >= 4 is 40.3 Å². The van der Waals surface area contributed by atoms with Crippen LogP contribution in [-0.4, -0.2) is 36.7 Å². The van der Waals surface area contributed by atoms with Gasteiger partial charge in [0.25, 0.3) is 11.5 Å². The third-order valence-electron chi connectivity index (χ3n) is 4.28. The maximum absolute atomic E-state index is 12.5. The zero-order valence-corrected chi connectivity index (χ0v) is 16.1. The molecular formula is C19H16N6O3S. The van der Waals surface area contributed by atoms with Gasteiger partial charge < -0.3 is 0 Å². The number of para-hydroxylation sites is 1. The molecule has 0 radical (unpaired) electrons. The highest BCUT2D eigenvalue weighted by Crippen LogP contribution is 2.20. The molecule has 0 aliphatic carbocycles. The van der Waals surface area contributed by atoms with E-state index in [4.69, 9.17) is 0 Å². The minimum atomic E-state index is -0.405. The molecule has 29 heavy (non-hydrogen) atoms. The Balaban J connectivity index is 1.50. The molecule has 0 fully saturated rings. The molecule has 2 aromatic carbocycles. The second kappa shape index (κ2) is 7.76. The highest BCUT2D eigenvalue weighted by Gasteiger charge is 2.16. The second-order valence-corrected chi connectivity index (χ2v) is 7.10. The average molecular weight is 408 g/mol. The third kappa shape index (κ3) is 3.57. The number of benzene rings is 2. The lowest BCUT2D eigenvalue weighted by molar-refractivity contribution is -0.119. The molecule has 0 saturated carbocycles. The van der Waals surface area contributed by atoms with Crippen molar-refractivity contribution in [3.05, 3.63) is 70.5 Å². The lowest BCUT2D eigenvalue weighted by Gasteiger charge is -2.08. The number of hydrazine groups is 1. The first kappa shape index (κ1) is 18.7. The van der Waals surface area contributed by atoms with Gasteiger partial charge >= 0.3 is 0 Å². The Bertz CT molecular complexity index is 1280. The Labute approximate surface area is 168 Å². The largest absolute Gasteiger partial charge is 0.279 e. The molecule has 0 spiro atoms. The van der Waals surface area contributed by atoms with E-state index in [2.05, 4.69) is 21.0 Å². The summed E-state index contributed by atoms with van der Waals surface area (Å²) in [6.07, 6.45) is 0. The number of hydrogen-bond donors (Lipinski definition) is 2. The van der Waals surface area contributed by atoms with Crippen LogP contribution in [0.1, 0.15) is 10.4 Å². The lowest BCUT2D eigenvalue weighted by Crippen LogP contribution is -2.42. The maximum atomic E-state index is 12.5. The minimum absolute atomic E-state index is 0.00697. The van der Waals surface area contributed by atoms with Crippen molar-refractivity contribution in [2.75, 3.05) is 5.75 Å². The van der Waals surface area contributed by atoms with Crippen LogP contribution in [0.4, 0.5) is 0 Å². The first-order valence-corrected chi connectivity index (χ1v) is 9.64. The van der Waals surface area contributed by atoms with E-state index < -0.39 is 11.8 Å². The van der Waals surface area contributed by atoms with Gasteiger partial charge in [-0.05, 0) is 24.3 Å². The van der Waals surface area contributed by atoms with Gasteiger partial charge in [-0.25, -0.2) is 0 Å². The molecule has 2 amide bonds. The summed E-state index contributed by atoms with van der Waals surface area (Å²) in [5.41, 5.74) is 5.68. The van der Waals surface area contributed by atoms with E-state index in [1.807, 2.05) is 6.07 Å². The van der Waals surface area contributed by atoms with Gasteiger partial charge in [-0.2, -0.15) is 0 Å². The molecular weight excluding hydrogens is 392 g/mol. The average Bonchev–Trinajstić information content (AvgIpc) is 3.19. The number of nitrogens with one attached hydrogen (secondary N) is 2. The fourth-order valence-corrected chi connectivity index (χ4v) is 3.60. The highest BCUT2D eigenvalue weighted by atomic mass is 32.2. The summed E-state index contributed by atoms with van der Waals surface area (Å²) in [5, 5.41) is 9.19. The molecule has 10 heteroatoms. The van der Waals surface area contributed by atoms with E-state index in [-0.39, 0.29) is 11.3 Å². The van der Waals surface area contributed by atoms with Gasteiger partial charge in [0.05, 0.1) is 16.7 Å². The van der Waals surface area contributed by atoms with Gasteiger partial charge in [0.15, 0.2) is 5.16 Å². The summed E-state index contributed by atoms with van der Waals surface area (Å²) in [6.45, 7) is 0. The molecule has 0 saturated heterocycles. The van der Waals surface area contributed by atoms with Crippen molar-refractivity contribution in [1.82, 2.24) is 30.0 Å². The van der Waals surface area contributed by atoms with Crippen LogP contribution in [0.3, 0.4) is 0 Å². The van der Waals surface area contributed by atoms with Crippen molar-refractivity contribution in [2.45, 2.75) is 5.16 Å². The van der Waals surface area contributed by atoms with Gasteiger partial charge in [0, 0.05) is 12.6 Å². The van der Waals surface area contributed by atoms with Crippen LogP contribution in [0, 0.1) is 0 Å². The van der Waals surface area contributed by atoms with Crippen molar-refractivity contribution in [3.8, 4) is 0 Å². The summed E-state index contributed by atoms with van der Waals surface area (Å²) >= 11 is 1.15. The number of thioether (sulfide) groups is 1. The fraction of sp³-hybridized carbons (Fsp3) is 0.105. The van der Waals surface area contributed by atoms with Gasteiger partial charge in [0.2, 0.25) is 11.7 Å². The summed E-state index contributed by atoms with van der Waals surface area (Å²) in [4.78, 5) is 36.6. The predicted octanol–water partition coefficient (Wildman–Crippen LogP) is 1.13. The van der Waals surface area contributed by atoms with Crippen LogP contribution in [0.25, 0.3) is 16.7 Å². The quantitative estimate of drug-likeness (QED) is 0.387. The number of hydrogen-bond acceptors (Lipinski definition) is 6. The Kier molecular flexibility index (Phi) is 5.00. The van der Waals surface area contributed by atoms with Crippen molar-refractivity contribution in [3.63, 3.8) is 0 Å². The summed E-state index contributed by atoms with van der Waals surface area (Å²) in [6, 6.07) is 15.7. The number of rotatable bonds is 4. The molecule has 9 nitrogen and oxygen atoms in total. The molecule has 4 rings (SSSR count). The van der Waals surface area contributed by atoms with Crippen molar-refractivity contribution in [2.24, 2.45) is 7.05 Å². The number of carbonyl (C=O) groups excluding carboxylic acids is 2. The number of amides is 2. The number of fused-ring (bicyclic) bond motifs is 3. The Hall–Kier alpha value is -3.66. The fourth-order valence-electron chi connectivity index (χ4n) is 2.86. The van der Waals surface area contributed by atoms with Gasteiger partial charge in [-0.15, -0.1) is 10.2 Å². The molecule has 0 bridgehead atoms. The van der Waals surface area contributed by atoms with Gasteiger partial charge in [-0.3, -0.25) is 34.2 Å². The van der Waals surface area contributed by atoms with Crippen molar-refractivity contribution < 1.29 is 9.59 Å². The van der Waals surface area contributed by atoms with E-state index in [1.165, 1.54) is 4.57 Å². The molecule has 0 aliphatic heterocycles. The molecule has 0 unspecified atom stereocenters. The van der Waals surface area contributed by atoms with Crippen LogP contribution in [0.5, 0.6) is 0 Å². The van der Waals surface area contributed by atoms with Crippen LogP contribution in [0.15, 0.2) is 64.5 Å². The van der Waals surface area contributed by atoms with E-state index in [0.717, 1.165) is 11.8 Å². The first-order valence-electron chi connectivity index (χ1n) is 8.66. The van der Waals surface area contributed by atoms with Crippen LogP contribution >= 0.6 is 11.8 Å². The highest BCUT2D eigenvalue weighted by molar-refractivity contribution is 7.99. The van der Waals surface area contributed by atoms with Crippen LogP contribution in [-0.2, 0) is 11.8 Å². The molecule has 2 heterocycles. The third-order valence-corrected chi connectivity index (χ3v) is 5.21. The monoisotopic (exact) mass is 408 g/mol. The number of nitrogens with zero attached hydrogens (tertiary/aromatic N) is 4. The van der Waals surface area contributed by atoms with Gasteiger partial charge in [-0.1, -0.05) is 42.1 Å². The number of aromatic nitrogens is 4. The minimum Gasteiger partial charge on any atom is -0.279 e. The second-order valence-electron chi connectivity index (χ2n) is 6.16.